The number of sulfonamides is 1. The predicted molar refractivity (Wildman–Crippen MR) is 82.8 cm³/mol. The van der Waals surface area contributed by atoms with Crippen molar-refractivity contribution < 1.29 is 13.2 Å². The van der Waals surface area contributed by atoms with Crippen molar-refractivity contribution in [3.63, 3.8) is 0 Å². The number of carbonyl (C=O) groups excluding carboxylic acids is 1. The van der Waals surface area contributed by atoms with Crippen LogP contribution in [-0.2, 0) is 14.8 Å². The summed E-state index contributed by atoms with van der Waals surface area (Å²) in [5.74, 6) is 0.735. The second-order valence-corrected chi connectivity index (χ2v) is 7.85. The predicted octanol–water partition coefficient (Wildman–Crippen LogP) is 2.36. The van der Waals surface area contributed by atoms with Gasteiger partial charge < -0.3 is 5.32 Å². The number of amides is 1. The third-order valence-corrected chi connectivity index (χ3v) is 6.09. The first-order valence-corrected chi connectivity index (χ1v) is 9.06. The zero-order chi connectivity index (χ0) is 14.9. The molecule has 2 fully saturated rings. The Bertz CT molecular complexity index is 638. The van der Waals surface area contributed by atoms with E-state index in [0.29, 0.717) is 36.7 Å². The average Bonchev–Trinajstić information content (AvgIpc) is 2.74. The molecular formula is C15H20N2O3S. The Morgan fingerprint density at radius 1 is 1.29 bits per heavy atom. The van der Waals surface area contributed by atoms with E-state index in [1.165, 1.54) is 10.7 Å². The first kappa shape index (κ1) is 14.4. The van der Waals surface area contributed by atoms with E-state index in [9.17, 15) is 13.2 Å². The van der Waals surface area contributed by atoms with Crippen LogP contribution < -0.4 is 9.62 Å². The Balaban J connectivity index is 1.69. The quantitative estimate of drug-likeness (QED) is 0.928. The van der Waals surface area contributed by atoms with Crippen LogP contribution in [0.1, 0.15) is 32.1 Å². The maximum Gasteiger partial charge on any atom is 0.235 e. The summed E-state index contributed by atoms with van der Waals surface area (Å²) in [7, 11) is -3.18. The Morgan fingerprint density at radius 3 is 2.71 bits per heavy atom. The Kier molecular flexibility index (Phi) is 3.89. The molecule has 1 aromatic carbocycles. The van der Waals surface area contributed by atoms with Crippen LogP contribution in [0, 0.1) is 5.92 Å². The van der Waals surface area contributed by atoms with Crippen molar-refractivity contribution in [3.05, 3.63) is 24.3 Å². The van der Waals surface area contributed by atoms with E-state index in [1.54, 1.807) is 24.3 Å². The summed E-state index contributed by atoms with van der Waals surface area (Å²) in [6, 6.07) is 7.08. The van der Waals surface area contributed by atoms with Crippen LogP contribution in [0.15, 0.2) is 24.3 Å². The van der Waals surface area contributed by atoms with Gasteiger partial charge in [0.1, 0.15) is 0 Å². The molecule has 1 N–H and O–H groups in total. The lowest BCUT2D eigenvalue weighted by Gasteiger charge is -2.24. The smallest absolute Gasteiger partial charge is 0.235 e. The van der Waals surface area contributed by atoms with Gasteiger partial charge in [-0.3, -0.25) is 9.10 Å². The summed E-state index contributed by atoms with van der Waals surface area (Å²) < 4.78 is 25.3. The molecule has 114 valence electrons. The van der Waals surface area contributed by atoms with E-state index in [1.807, 2.05) is 0 Å². The summed E-state index contributed by atoms with van der Waals surface area (Å²) in [5, 5.41) is 2.87. The Hall–Kier alpha value is -1.56. The number of anilines is 2. The fourth-order valence-electron chi connectivity index (χ4n) is 2.84. The van der Waals surface area contributed by atoms with Crippen LogP contribution in [-0.4, -0.2) is 26.6 Å². The van der Waals surface area contributed by atoms with Crippen LogP contribution in [0.5, 0.6) is 0 Å². The molecule has 1 saturated heterocycles. The first-order chi connectivity index (χ1) is 10.0. The van der Waals surface area contributed by atoms with Gasteiger partial charge in [0.05, 0.1) is 11.4 Å². The van der Waals surface area contributed by atoms with Gasteiger partial charge >= 0.3 is 0 Å². The molecule has 1 aliphatic carbocycles. The number of rotatable bonds is 4. The number of nitrogens with one attached hydrogen (secondary N) is 1. The molecule has 0 unspecified atom stereocenters. The number of carbonyl (C=O) groups is 1. The minimum Gasteiger partial charge on any atom is -0.326 e. The third-order valence-electron chi connectivity index (χ3n) is 4.22. The molecule has 1 aliphatic heterocycles. The van der Waals surface area contributed by atoms with Crippen LogP contribution in [0.3, 0.4) is 0 Å². The molecule has 1 amide bonds. The number of benzene rings is 1. The lowest BCUT2D eigenvalue weighted by atomic mass is 9.83. The van der Waals surface area contributed by atoms with Crippen LogP contribution >= 0.6 is 0 Å². The van der Waals surface area contributed by atoms with Gasteiger partial charge in [-0.2, -0.15) is 0 Å². The average molecular weight is 308 g/mol. The summed E-state index contributed by atoms with van der Waals surface area (Å²) in [5.41, 5.74) is 1.30. The van der Waals surface area contributed by atoms with Crippen molar-refractivity contribution in [2.75, 3.05) is 21.9 Å². The molecule has 1 aromatic rings. The molecule has 1 heterocycles. The van der Waals surface area contributed by atoms with Gasteiger partial charge in [0.15, 0.2) is 0 Å². The van der Waals surface area contributed by atoms with E-state index < -0.39 is 10.0 Å². The molecule has 0 atom stereocenters. The highest BCUT2D eigenvalue weighted by molar-refractivity contribution is 7.93. The molecule has 0 bridgehead atoms. The fourth-order valence-corrected chi connectivity index (χ4v) is 4.40. The Labute approximate surface area is 125 Å². The standard InChI is InChI=1S/C15H20N2O3S/c18-15(10-12-4-1-5-12)16-13-6-2-7-14(11-13)17-8-3-9-21(17,19)20/h2,6-7,11-12H,1,3-5,8-10H2,(H,16,18). The third kappa shape index (κ3) is 3.20. The second-order valence-electron chi connectivity index (χ2n) is 5.84. The lowest BCUT2D eigenvalue weighted by Crippen LogP contribution is -2.25. The molecule has 6 heteroatoms. The van der Waals surface area contributed by atoms with Gasteiger partial charge in [0.2, 0.25) is 15.9 Å². The minimum absolute atomic E-state index is 0.0149. The highest BCUT2D eigenvalue weighted by Crippen LogP contribution is 2.30. The van der Waals surface area contributed by atoms with Crippen LogP contribution in [0.25, 0.3) is 0 Å². The summed E-state index contributed by atoms with van der Waals surface area (Å²) in [4.78, 5) is 11.9. The summed E-state index contributed by atoms with van der Waals surface area (Å²) in [6.45, 7) is 0.516. The monoisotopic (exact) mass is 308 g/mol. The van der Waals surface area contributed by atoms with Crippen molar-refractivity contribution in [2.24, 2.45) is 5.92 Å². The van der Waals surface area contributed by atoms with Gasteiger partial charge in [0.25, 0.3) is 0 Å². The number of nitrogens with zero attached hydrogens (tertiary/aromatic N) is 1. The van der Waals surface area contributed by atoms with Gasteiger partial charge in [-0.25, -0.2) is 8.42 Å². The first-order valence-electron chi connectivity index (χ1n) is 7.45. The van der Waals surface area contributed by atoms with E-state index in [-0.39, 0.29) is 11.7 Å². The highest BCUT2D eigenvalue weighted by atomic mass is 32.2. The van der Waals surface area contributed by atoms with Crippen LogP contribution in [0.2, 0.25) is 0 Å². The zero-order valence-corrected chi connectivity index (χ0v) is 12.7. The number of hydrogen-bond acceptors (Lipinski definition) is 3. The molecule has 1 saturated carbocycles. The largest absolute Gasteiger partial charge is 0.326 e. The number of hydrogen-bond donors (Lipinski definition) is 1. The fraction of sp³-hybridized carbons (Fsp3) is 0.533. The maximum absolute atomic E-state index is 11.9. The molecule has 21 heavy (non-hydrogen) atoms. The van der Waals surface area contributed by atoms with Gasteiger partial charge in [-0.1, -0.05) is 12.5 Å². The minimum atomic E-state index is -3.18. The SMILES string of the molecule is O=C(CC1CCC1)Nc1cccc(N2CCCS2(=O)=O)c1. The molecule has 0 aromatic heterocycles. The van der Waals surface area contributed by atoms with E-state index in [4.69, 9.17) is 0 Å². The van der Waals surface area contributed by atoms with E-state index in [2.05, 4.69) is 5.32 Å². The van der Waals surface area contributed by atoms with E-state index in [0.717, 1.165) is 12.8 Å². The molecule has 2 aliphatic rings. The highest BCUT2D eigenvalue weighted by Gasteiger charge is 2.28. The normalized spacial score (nSPS) is 21.0. The summed E-state index contributed by atoms with van der Waals surface area (Å²) >= 11 is 0. The van der Waals surface area contributed by atoms with Gasteiger partial charge in [-0.15, -0.1) is 0 Å². The van der Waals surface area contributed by atoms with Crippen molar-refractivity contribution in [3.8, 4) is 0 Å². The van der Waals surface area contributed by atoms with Crippen molar-refractivity contribution in [1.82, 2.24) is 0 Å². The molecular weight excluding hydrogens is 288 g/mol. The summed E-state index contributed by atoms with van der Waals surface area (Å²) in [6.07, 6.45) is 4.71. The second kappa shape index (κ2) is 5.67. The van der Waals surface area contributed by atoms with Crippen molar-refractivity contribution >= 4 is 27.3 Å². The topological polar surface area (TPSA) is 66.5 Å². The zero-order valence-electron chi connectivity index (χ0n) is 11.9. The van der Waals surface area contributed by atoms with Crippen molar-refractivity contribution in [1.29, 1.82) is 0 Å². The van der Waals surface area contributed by atoms with Crippen molar-refractivity contribution in [2.45, 2.75) is 32.1 Å². The Morgan fingerprint density at radius 2 is 2.10 bits per heavy atom. The van der Waals surface area contributed by atoms with E-state index >= 15 is 0 Å². The lowest BCUT2D eigenvalue weighted by molar-refractivity contribution is -0.117. The molecule has 3 rings (SSSR count). The molecule has 0 spiro atoms. The molecule has 5 nitrogen and oxygen atoms in total. The maximum atomic E-state index is 11.9. The van der Waals surface area contributed by atoms with Gasteiger partial charge in [0, 0.05) is 18.7 Å². The molecule has 0 radical (unpaired) electrons. The van der Waals surface area contributed by atoms with Crippen LogP contribution in [0.4, 0.5) is 11.4 Å². The van der Waals surface area contributed by atoms with Gasteiger partial charge in [-0.05, 0) is 43.4 Å².